The Morgan fingerprint density at radius 2 is 1.90 bits per heavy atom. The summed E-state index contributed by atoms with van der Waals surface area (Å²) >= 11 is 1.38. The highest BCUT2D eigenvalue weighted by Crippen LogP contribution is 2.38. The molecule has 3 aromatic rings. The van der Waals surface area contributed by atoms with Crippen molar-refractivity contribution < 1.29 is 4.79 Å². The van der Waals surface area contributed by atoms with Crippen LogP contribution in [0.4, 0.5) is 11.4 Å². The Balaban J connectivity index is 1.19. The number of nitrogen functional groups attached to an aromatic ring is 1. The lowest BCUT2D eigenvalue weighted by molar-refractivity contribution is 0.0914. The van der Waals surface area contributed by atoms with Crippen LogP contribution in [0.25, 0.3) is 10.2 Å². The molecular weight excluding hydrogens is 394 g/mol. The number of hydrogen-bond donors (Lipinski definition) is 3. The molecule has 4 N–H and O–H groups in total. The van der Waals surface area contributed by atoms with E-state index in [4.69, 9.17) is 5.73 Å². The fraction of sp³-hybridized carbons (Fsp3) is 0.391. The quantitative estimate of drug-likeness (QED) is 0.602. The van der Waals surface area contributed by atoms with Gasteiger partial charge in [0.1, 0.15) is 9.71 Å². The molecule has 2 fully saturated rings. The first-order valence-corrected chi connectivity index (χ1v) is 11.4. The van der Waals surface area contributed by atoms with Crippen LogP contribution in [0, 0.1) is 6.92 Å². The van der Waals surface area contributed by atoms with Crippen LogP contribution in [0.1, 0.15) is 39.7 Å². The molecule has 0 spiro atoms. The van der Waals surface area contributed by atoms with Crippen molar-refractivity contribution in [3.63, 3.8) is 0 Å². The van der Waals surface area contributed by atoms with Crippen molar-refractivity contribution in [2.24, 2.45) is 0 Å². The molecule has 1 aliphatic heterocycles. The minimum atomic E-state index is -0.0781. The average molecular weight is 422 g/mol. The van der Waals surface area contributed by atoms with E-state index in [1.807, 2.05) is 19.1 Å². The number of carbonyl (C=O) groups excluding carboxylic acids is 1. The van der Waals surface area contributed by atoms with E-state index in [1.165, 1.54) is 22.6 Å². The summed E-state index contributed by atoms with van der Waals surface area (Å²) in [5.41, 5.74) is 10.4. The van der Waals surface area contributed by atoms with Gasteiger partial charge >= 0.3 is 0 Å². The normalized spacial score (nSPS) is 21.4. The van der Waals surface area contributed by atoms with Crippen LogP contribution in [0.3, 0.4) is 0 Å². The first-order chi connectivity index (χ1) is 14.6. The highest BCUT2D eigenvalue weighted by molar-refractivity contribution is 7.21. The van der Waals surface area contributed by atoms with Gasteiger partial charge in [0, 0.05) is 49.0 Å². The number of aryl methyl sites for hydroxylation is 1. The summed E-state index contributed by atoms with van der Waals surface area (Å²) in [7, 11) is 0. The van der Waals surface area contributed by atoms with Gasteiger partial charge in [-0.3, -0.25) is 4.79 Å². The van der Waals surface area contributed by atoms with Gasteiger partial charge in [0.2, 0.25) is 0 Å². The van der Waals surface area contributed by atoms with E-state index in [-0.39, 0.29) is 11.9 Å². The minimum absolute atomic E-state index is 0.0781. The number of pyridine rings is 1. The number of nitrogens with two attached hydrogens (primary N) is 1. The average Bonchev–Trinajstić information content (AvgIpc) is 3.07. The first kappa shape index (κ1) is 19.3. The maximum Gasteiger partial charge on any atom is 0.263 e. The Morgan fingerprint density at radius 1 is 1.17 bits per heavy atom. The van der Waals surface area contributed by atoms with Crippen molar-refractivity contribution in [3.05, 3.63) is 52.5 Å². The fourth-order valence-corrected chi connectivity index (χ4v) is 5.44. The summed E-state index contributed by atoms with van der Waals surface area (Å²) < 4.78 is 0. The third-order valence-corrected chi connectivity index (χ3v) is 7.37. The predicted molar refractivity (Wildman–Crippen MR) is 124 cm³/mol. The Bertz CT molecular complexity index is 1070. The SMILES string of the molecule is Cc1ccc2c(N)c(C(=O)N[C@H]3C[C@H](c4ccc(N5CCNCC5)cc4)C3)sc2n1. The third kappa shape index (κ3) is 3.63. The number of nitrogens with one attached hydrogen (secondary N) is 2. The zero-order valence-corrected chi connectivity index (χ0v) is 18.0. The van der Waals surface area contributed by atoms with Crippen LogP contribution >= 0.6 is 11.3 Å². The summed E-state index contributed by atoms with van der Waals surface area (Å²) in [5, 5.41) is 7.42. The van der Waals surface area contributed by atoms with Crippen LogP contribution < -0.4 is 21.3 Å². The maximum absolute atomic E-state index is 12.8. The van der Waals surface area contributed by atoms with Crippen LogP contribution in [-0.2, 0) is 0 Å². The molecule has 1 aliphatic carbocycles. The number of hydrogen-bond acceptors (Lipinski definition) is 6. The summed E-state index contributed by atoms with van der Waals surface area (Å²) in [5.74, 6) is 0.433. The number of amides is 1. The molecule has 6 nitrogen and oxygen atoms in total. The Hall–Kier alpha value is -2.64. The molecule has 1 aromatic carbocycles. The van der Waals surface area contributed by atoms with Crippen LogP contribution in [0.5, 0.6) is 0 Å². The molecule has 7 heteroatoms. The van der Waals surface area contributed by atoms with Crippen molar-refractivity contribution in [1.82, 2.24) is 15.6 Å². The van der Waals surface area contributed by atoms with Crippen LogP contribution in [0.2, 0.25) is 0 Å². The predicted octanol–water partition coefficient (Wildman–Crippen LogP) is 3.27. The van der Waals surface area contributed by atoms with Gasteiger partial charge in [0.15, 0.2) is 0 Å². The third-order valence-electron chi connectivity index (χ3n) is 6.26. The second-order valence-electron chi connectivity index (χ2n) is 8.32. The zero-order chi connectivity index (χ0) is 20.7. The van der Waals surface area contributed by atoms with Crippen LogP contribution in [-0.4, -0.2) is 43.1 Å². The number of anilines is 2. The monoisotopic (exact) mass is 421 g/mol. The van der Waals surface area contributed by atoms with Crippen LogP contribution in [0.15, 0.2) is 36.4 Å². The molecule has 0 atom stereocenters. The molecule has 2 aromatic heterocycles. The number of aromatic nitrogens is 1. The van der Waals surface area contributed by atoms with Gasteiger partial charge in [-0.25, -0.2) is 4.98 Å². The van der Waals surface area contributed by atoms with E-state index in [0.29, 0.717) is 16.5 Å². The summed E-state index contributed by atoms with van der Waals surface area (Å²) in [6, 6.07) is 13.0. The number of rotatable bonds is 4. The highest BCUT2D eigenvalue weighted by Gasteiger charge is 2.32. The molecule has 0 bridgehead atoms. The molecule has 5 rings (SSSR count). The number of piperazine rings is 1. The molecule has 1 amide bonds. The Labute approximate surface area is 180 Å². The van der Waals surface area contributed by atoms with E-state index >= 15 is 0 Å². The second-order valence-corrected chi connectivity index (χ2v) is 9.32. The van der Waals surface area contributed by atoms with Gasteiger partial charge in [-0.2, -0.15) is 0 Å². The lowest BCUT2D eigenvalue weighted by atomic mass is 9.76. The summed E-state index contributed by atoms with van der Waals surface area (Å²) in [6.07, 6.45) is 1.95. The second kappa shape index (κ2) is 7.89. The summed E-state index contributed by atoms with van der Waals surface area (Å²) in [4.78, 5) is 21.1. The minimum Gasteiger partial charge on any atom is -0.397 e. The number of benzene rings is 1. The standard InChI is InChI=1S/C23H27N5OS/c1-14-2-7-19-20(24)21(30-23(19)26-14)22(29)27-17-12-16(13-17)15-3-5-18(6-4-15)28-10-8-25-9-11-28/h2-7,16-17,25H,8-13,24H2,1H3,(H,27,29)/t16-,17-. The smallest absolute Gasteiger partial charge is 0.263 e. The van der Waals surface area contributed by atoms with Gasteiger partial charge in [-0.1, -0.05) is 12.1 Å². The molecule has 2 aliphatic rings. The molecule has 0 unspecified atom stereocenters. The Kier molecular flexibility index (Phi) is 5.08. The van der Waals surface area contributed by atoms with Gasteiger partial charge in [0.05, 0.1) is 5.69 Å². The van der Waals surface area contributed by atoms with E-state index in [2.05, 4.69) is 44.8 Å². The lowest BCUT2D eigenvalue weighted by Crippen LogP contribution is -2.44. The van der Waals surface area contributed by atoms with Crippen molar-refractivity contribution in [3.8, 4) is 0 Å². The number of thiophene rings is 1. The number of fused-ring (bicyclic) bond motifs is 1. The van der Waals surface area contributed by atoms with Crippen molar-refractivity contribution in [2.75, 3.05) is 36.8 Å². The van der Waals surface area contributed by atoms with Gasteiger partial charge in [-0.15, -0.1) is 11.3 Å². The lowest BCUT2D eigenvalue weighted by Gasteiger charge is -2.36. The largest absolute Gasteiger partial charge is 0.397 e. The fourth-order valence-electron chi connectivity index (χ4n) is 4.40. The Morgan fingerprint density at radius 3 is 2.63 bits per heavy atom. The van der Waals surface area contributed by atoms with E-state index < -0.39 is 0 Å². The number of nitrogens with zero attached hydrogens (tertiary/aromatic N) is 2. The van der Waals surface area contributed by atoms with E-state index in [0.717, 1.165) is 54.9 Å². The van der Waals surface area contributed by atoms with Crippen molar-refractivity contribution in [1.29, 1.82) is 0 Å². The van der Waals surface area contributed by atoms with E-state index in [1.54, 1.807) is 0 Å². The van der Waals surface area contributed by atoms with Gasteiger partial charge < -0.3 is 21.3 Å². The zero-order valence-electron chi connectivity index (χ0n) is 17.1. The number of carbonyl (C=O) groups is 1. The molecular formula is C23H27N5OS. The molecule has 1 saturated heterocycles. The maximum atomic E-state index is 12.8. The van der Waals surface area contributed by atoms with Gasteiger partial charge in [0.25, 0.3) is 5.91 Å². The topological polar surface area (TPSA) is 83.3 Å². The summed E-state index contributed by atoms with van der Waals surface area (Å²) in [6.45, 7) is 6.16. The first-order valence-electron chi connectivity index (χ1n) is 10.6. The molecule has 1 saturated carbocycles. The van der Waals surface area contributed by atoms with Crippen molar-refractivity contribution >= 4 is 38.8 Å². The molecule has 30 heavy (non-hydrogen) atoms. The van der Waals surface area contributed by atoms with Crippen molar-refractivity contribution in [2.45, 2.75) is 31.7 Å². The van der Waals surface area contributed by atoms with E-state index in [9.17, 15) is 4.79 Å². The van der Waals surface area contributed by atoms with Gasteiger partial charge in [-0.05, 0) is 55.5 Å². The molecule has 3 heterocycles. The highest BCUT2D eigenvalue weighted by atomic mass is 32.1. The molecule has 0 radical (unpaired) electrons. The molecule has 156 valence electrons.